The predicted octanol–water partition coefficient (Wildman–Crippen LogP) is 2.13. The molecular formula is C12H13FN2O. The Kier molecular flexibility index (Phi) is 3.01. The summed E-state index contributed by atoms with van der Waals surface area (Å²) in [6, 6.07) is 4.71. The number of benzene rings is 1. The van der Waals surface area contributed by atoms with Crippen molar-refractivity contribution in [3.63, 3.8) is 0 Å². The van der Waals surface area contributed by atoms with E-state index in [1.165, 1.54) is 6.07 Å². The Hall–Kier alpha value is -1.68. The summed E-state index contributed by atoms with van der Waals surface area (Å²) in [5.41, 5.74) is 1.24. The highest BCUT2D eigenvalue weighted by Crippen LogP contribution is 2.21. The minimum Gasteiger partial charge on any atom is -0.388 e. The fraction of sp³-hybridized carbons (Fsp3) is 0.250. The molecule has 2 N–H and O–H groups in total. The predicted molar refractivity (Wildman–Crippen MR) is 58.4 cm³/mol. The van der Waals surface area contributed by atoms with Crippen molar-refractivity contribution in [1.29, 1.82) is 0 Å². The minimum absolute atomic E-state index is 0.285. The lowest BCUT2D eigenvalue weighted by atomic mass is 10.0. The van der Waals surface area contributed by atoms with Gasteiger partial charge in [-0.25, -0.2) is 9.37 Å². The van der Waals surface area contributed by atoms with E-state index in [1.54, 1.807) is 24.5 Å². The Morgan fingerprint density at radius 3 is 3.00 bits per heavy atom. The maximum absolute atomic E-state index is 13.5. The fourth-order valence-corrected chi connectivity index (χ4v) is 1.62. The van der Waals surface area contributed by atoms with Crippen LogP contribution in [0.5, 0.6) is 0 Å². The molecule has 0 fully saturated rings. The molecule has 1 aromatic carbocycles. The van der Waals surface area contributed by atoms with Crippen LogP contribution in [0.4, 0.5) is 4.39 Å². The van der Waals surface area contributed by atoms with E-state index in [9.17, 15) is 9.50 Å². The van der Waals surface area contributed by atoms with Crippen LogP contribution in [-0.2, 0) is 6.42 Å². The standard InChI is InChI=1S/C12H13FN2O/c1-8-2-3-10(13)9(6-8)11(16)7-12-14-4-5-15-12/h2-6,11,16H,7H2,1H3,(H,14,15). The number of aromatic nitrogens is 2. The Labute approximate surface area is 93.0 Å². The van der Waals surface area contributed by atoms with Crippen molar-refractivity contribution >= 4 is 0 Å². The second-order valence-electron chi connectivity index (χ2n) is 3.78. The average molecular weight is 220 g/mol. The van der Waals surface area contributed by atoms with Crippen molar-refractivity contribution < 1.29 is 9.50 Å². The van der Waals surface area contributed by atoms with E-state index in [2.05, 4.69) is 9.97 Å². The number of aryl methyl sites for hydroxylation is 1. The van der Waals surface area contributed by atoms with Crippen LogP contribution in [0.2, 0.25) is 0 Å². The van der Waals surface area contributed by atoms with Crippen LogP contribution in [0.1, 0.15) is 23.1 Å². The van der Waals surface area contributed by atoms with Crippen LogP contribution in [0.25, 0.3) is 0 Å². The Morgan fingerprint density at radius 2 is 2.31 bits per heavy atom. The number of nitrogens with one attached hydrogen (secondary N) is 1. The maximum Gasteiger partial charge on any atom is 0.129 e. The summed E-state index contributed by atoms with van der Waals surface area (Å²) in [7, 11) is 0. The molecule has 3 nitrogen and oxygen atoms in total. The van der Waals surface area contributed by atoms with Crippen molar-refractivity contribution in [3.05, 3.63) is 53.4 Å². The molecule has 2 aromatic rings. The number of aliphatic hydroxyl groups is 1. The minimum atomic E-state index is -0.869. The van der Waals surface area contributed by atoms with Gasteiger partial charge in [-0.2, -0.15) is 0 Å². The van der Waals surface area contributed by atoms with Gasteiger partial charge in [0.25, 0.3) is 0 Å². The van der Waals surface area contributed by atoms with E-state index in [1.807, 2.05) is 6.92 Å². The Morgan fingerprint density at radius 1 is 1.50 bits per heavy atom. The monoisotopic (exact) mass is 220 g/mol. The van der Waals surface area contributed by atoms with E-state index in [0.29, 0.717) is 11.4 Å². The maximum atomic E-state index is 13.5. The molecule has 1 heterocycles. The molecule has 0 spiro atoms. The van der Waals surface area contributed by atoms with Crippen LogP contribution in [0, 0.1) is 12.7 Å². The molecule has 4 heteroatoms. The number of aromatic amines is 1. The van der Waals surface area contributed by atoms with Gasteiger partial charge in [0.15, 0.2) is 0 Å². The topological polar surface area (TPSA) is 48.9 Å². The van der Waals surface area contributed by atoms with E-state index >= 15 is 0 Å². The van der Waals surface area contributed by atoms with Gasteiger partial charge in [0.05, 0.1) is 6.10 Å². The zero-order valence-corrected chi connectivity index (χ0v) is 8.94. The first-order valence-electron chi connectivity index (χ1n) is 5.09. The number of halogens is 1. The van der Waals surface area contributed by atoms with Crippen LogP contribution >= 0.6 is 0 Å². The first-order valence-corrected chi connectivity index (χ1v) is 5.09. The van der Waals surface area contributed by atoms with Crippen molar-refractivity contribution in [2.24, 2.45) is 0 Å². The first-order chi connectivity index (χ1) is 7.66. The summed E-state index contributed by atoms with van der Waals surface area (Å²) in [4.78, 5) is 6.87. The molecule has 0 saturated heterocycles. The van der Waals surface area contributed by atoms with Gasteiger partial charge >= 0.3 is 0 Å². The molecule has 2 rings (SSSR count). The van der Waals surface area contributed by atoms with E-state index in [0.717, 1.165) is 5.56 Å². The molecule has 0 aliphatic rings. The third-order valence-corrected chi connectivity index (χ3v) is 2.45. The molecule has 16 heavy (non-hydrogen) atoms. The van der Waals surface area contributed by atoms with E-state index < -0.39 is 6.10 Å². The number of aliphatic hydroxyl groups excluding tert-OH is 1. The molecule has 0 amide bonds. The number of H-pyrrole nitrogens is 1. The summed E-state index contributed by atoms with van der Waals surface area (Å²) in [5, 5.41) is 9.90. The highest BCUT2D eigenvalue weighted by molar-refractivity contribution is 5.26. The zero-order chi connectivity index (χ0) is 11.5. The molecular weight excluding hydrogens is 207 g/mol. The molecule has 1 atom stereocenters. The molecule has 0 aliphatic carbocycles. The molecule has 0 radical (unpaired) electrons. The number of rotatable bonds is 3. The Bertz CT molecular complexity index is 468. The quantitative estimate of drug-likeness (QED) is 0.832. The van der Waals surface area contributed by atoms with Crippen LogP contribution < -0.4 is 0 Å². The molecule has 0 saturated carbocycles. The lowest BCUT2D eigenvalue weighted by Crippen LogP contribution is -2.06. The van der Waals surface area contributed by atoms with Crippen molar-refractivity contribution in [1.82, 2.24) is 9.97 Å². The van der Waals surface area contributed by atoms with Gasteiger partial charge in [-0.15, -0.1) is 0 Å². The zero-order valence-electron chi connectivity index (χ0n) is 8.94. The summed E-state index contributed by atoms with van der Waals surface area (Å²) in [6.45, 7) is 1.86. The summed E-state index contributed by atoms with van der Waals surface area (Å²) < 4.78 is 13.5. The first kappa shape index (κ1) is 10.8. The molecule has 84 valence electrons. The summed E-state index contributed by atoms with van der Waals surface area (Å²) in [6.07, 6.45) is 2.70. The number of nitrogens with zero attached hydrogens (tertiary/aromatic N) is 1. The van der Waals surface area contributed by atoms with Gasteiger partial charge in [0.2, 0.25) is 0 Å². The fourth-order valence-electron chi connectivity index (χ4n) is 1.62. The SMILES string of the molecule is Cc1ccc(F)c(C(O)Cc2ncc[nH]2)c1. The Balaban J connectivity index is 2.20. The van der Waals surface area contributed by atoms with Gasteiger partial charge in [-0.3, -0.25) is 0 Å². The third kappa shape index (κ3) is 2.28. The summed E-state index contributed by atoms with van der Waals surface area (Å²) >= 11 is 0. The van der Waals surface area contributed by atoms with Gasteiger partial charge in [-0.05, 0) is 13.0 Å². The lowest BCUT2D eigenvalue weighted by molar-refractivity contribution is 0.171. The van der Waals surface area contributed by atoms with Gasteiger partial charge in [-0.1, -0.05) is 17.7 Å². The highest BCUT2D eigenvalue weighted by atomic mass is 19.1. The van der Waals surface area contributed by atoms with Gasteiger partial charge in [0, 0.05) is 24.4 Å². The highest BCUT2D eigenvalue weighted by Gasteiger charge is 2.14. The van der Waals surface area contributed by atoms with E-state index in [4.69, 9.17) is 0 Å². The van der Waals surface area contributed by atoms with Crippen molar-refractivity contribution in [2.75, 3.05) is 0 Å². The van der Waals surface area contributed by atoms with Crippen molar-refractivity contribution in [2.45, 2.75) is 19.4 Å². The van der Waals surface area contributed by atoms with E-state index in [-0.39, 0.29) is 12.2 Å². The largest absolute Gasteiger partial charge is 0.388 e. The molecule has 0 bridgehead atoms. The smallest absolute Gasteiger partial charge is 0.129 e. The number of hydrogen-bond donors (Lipinski definition) is 2. The van der Waals surface area contributed by atoms with Gasteiger partial charge in [0.1, 0.15) is 11.6 Å². The van der Waals surface area contributed by atoms with Crippen molar-refractivity contribution in [3.8, 4) is 0 Å². The number of imidazole rings is 1. The molecule has 1 unspecified atom stereocenters. The second kappa shape index (κ2) is 4.45. The van der Waals surface area contributed by atoms with Crippen LogP contribution in [-0.4, -0.2) is 15.1 Å². The average Bonchev–Trinajstić information content (AvgIpc) is 2.74. The summed E-state index contributed by atoms with van der Waals surface area (Å²) in [5.74, 6) is 0.262. The lowest BCUT2D eigenvalue weighted by Gasteiger charge is -2.11. The van der Waals surface area contributed by atoms with Gasteiger partial charge < -0.3 is 10.1 Å². The normalized spacial score (nSPS) is 12.7. The van der Waals surface area contributed by atoms with Crippen LogP contribution in [0.15, 0.2) is 30.6 Å². The molecule has 1 aromatic heterocycles. The second-order valence-corrected chi connectivity index (χ2v) is 3.78. The number of hydrogen-bond acceptors (Lipinski definition) is 2. The van der Waals surface area contributed by atoms with Crippen LogP contribution in [0.3, 0.4) is 0 Å². The third-order valence-electron chi connectivity index (χ3n) is 2.45. The molecule has 0 aliphatic heterocycles.